The first-order chi connectivity index (χ1) is 16.0. The Balaban J connectivity index is 1.71. The number of aryl methyl sites for hydroxylation is 1. The molecular weight excluding hydrogens is 454 g/mol. The number of benzene rings is 3. The van der Waals surface area contributed by atoms with Crippen LogP contribution < -0.4 is 10.2 Å². The monoisotopic (exact) mass is 473 g/mol. The lowest BCUT2D eigenvalue weighted by atomic mass is 10.1. The predicted octanol–water partition coefficient (Wildman–Crippen LogP) is 5.71. The molecule has 2 amide bonds. The molecule has 3 aromatic carbocycles. The third kappa shape index (κ3) is 5.11. The van der Waals surface area contributed by atoms with Crippen LogP contribution in [0.15, 0.2) is 89.5 Å². The van der Waals surface area contributed by atoms with Crippen molar-refractivity contribution in [2.45, 2.75) is 18.6 Å². The van der Waals surface area contributed by atoms with Crippen LogP contribution >= 0.6 is 23.4 Å². The number of hydrogen-bond donors (Lipinski definition) is 1. The summed E-state index contributed by atoms with van der Waals surface area (Å²) in [5.41, 5.74) is 3.11. The van der Waals surface area contributed by atoms with E-state index in [1.807, 2.05) is 55.5 Å². The minimum atomic E-state index is -0.591. The maximum absolute atomic E-state index is 13.4. The number of carbonyl (C=O) groups is 2. The van der Waals surface area contributed by atoms with Gasteiger partial charge in [-0.25, -0.2) is 0 Å². The van der Waals surface area contributed by atoms with Crippen molar-refractivity contribution in [3.63, 3.8) is 0 Å². The van der Waals surface area contributed by atoms with Gasteiger partial charge in [-0.15, -0.1) is 0 Å². The Morgan fingerprint density at radius 2 is 1.82 bits per heavy atom. The second kappa shape index (κ2) is 9.95. The van der Waals surface area contributed by atoms with Crippen LogP contribution in [0, 0.1) is 18.3 Å². The maximum atomic E-state index is 13.4. The van der Waals surface area contributed by atoms with E-state index in [9.17, 15) is 14.9 Å². The van der Waals surface area contributed by atoms with E-state index in [2.05, 4.69) is 5.32 Å². The van der Waals surface area contributed by atoms with Crippen LogP contribution in [-0.2, 0) is 16.0 Å². The summed E-state index contributed by atoms with van der Waals surface area (Å²) in [6.45, 7) is 2.01. The van der Waals surface area contributed by atoms with Gasteiger partial charge in [0.15, 0.2) is 0 Å². The Bertz CT molecular complexity index is 1270. The Kier molecular flexibility index (Phi) is 6.83. The second-order valence-electron chi connectivity index (χ2n) is 7.56. The molecule has 1 saturated heterocycles. The first kappa shape index (κ1) is 22.7. The van der Waals surface area contributed by atoms with Crippen molar-refractivity contribution in [3.8, 4) is 6.07 Å². The van der Waals surface area contributed by atoms with Gasteiger partial charge in [0.1, 0.15) is 16.7 Å². The van der Waals surface area contributed by atoms with Crippen molar-refractivity contribution in [2.75, 3.05) is 10.2 Å². The molecule has 0 bridgehead atoms. The second-order valence-corrected chi connectivity index (χ2v) is 9.19. The van der Waals surface area contributed by atoms with Crippen LogP contribution in [0.2, 0.25) is 5.02 Å². The van der Waals surface area contributed by atoms with Gasteiger partial charge in [-0.3, -0.25) is 14.5 Å². The highest BCUT2D eigenvalue weighted by Gasteiger charge is 2.40. The zero-order valence-corrected chi connectivity index (χ0v) is 19.4. The maximum Gasteiger partial charge on any atom is 0.269 e. The van der Waals surface area contributed by atoms with Gasteiger partial charge in [-0.05, 0) is 49.2 Å². The Hall–Kier alpha value is -3.53. The van der Waals surface area contributed by atoms with Gasteiger partial charge in [-0.2, -0.15) is 5.26 Å². The van der Waals surface area contributed by atoms with Crippen LogP contribution in [-0.4, -0.2) is 17.1 Å². The highest BCUT2D eigenvalue weighted by Crippen LogP contribution is 2.42. The number of nitrogens with one attached hydrogen (secondary N) is 1. The number of carbonyl (C=O) groups excluding carboxylic acids is 2. The summed E-state index contributed by atoms with van der Waals surface area (Å²) in [6.07, 6.45) is 0.491. The molecule has 3 aromatic rings. The van der Waals surface area contributed by atoms with Crippen LogP contribution in [0.4, 0.5) is 11.4 Å². The molecule has 33 heavy (non-hydrogen) atoms. The zero-order valence-electron chi connectivity index (χ0n) is 17.8. The SMILES string of the molecule is Cc1ccc(C[C@@H]2S/C(=C(/C#N)C(=O)Nc3cccc(Cl)c3)N(c3ccccc3)C2=O)cc1. The molecular formula is C26H20ClN3O2S. The summed E-state index contributed by atoms with van der Waals surface area (Å²) in [4.78, 5) is 28.0. The topological polar surface area (TPSA) is 73.2 Å². The fourth-order valence-corrected chi connectivity index (χ4v) is 5.00. The van der Waals surface area contributed by atoms with Crippen LogP contribution in [0.5, 0.6) is 0 Å². The lowest BCUT2D eigenvalue weighted by molar-refractivity contribution is -0.117. The Labute approximate surface area is 201 Å². The quantitative estimate of drug-likeness (QED) is 0.380. The van der Waals surface area contributed by atoms with E-state index in [0.29, 0.717) is 27.8 Å². The van der Waals surface area contributed by atoms with Crippen LogP contribution in [0.25, 0.3) is 0 Å². The van der Waals surface area contributed by atoms with Gasteiger partial charge < -0.3 is 5.32 Å². The van der Waals surface area contributed by atoms with E-state index in [0.717, 1.165) is 11.1 Å². The number of amides is 2. The molecule has 1 fully saturated rings. The fraction of sp³-hybridized carbons (Fsp3) is 0.115. The molecule has 0 aromatic heterocycles. The standard InChI is InChI=1S/C26H20ClN3O2S/c1-17-10-12-18(13-11-17)14-23-25(32)30(21-8-3-2-4-9-21)26(33-23)22(16-28)24(31)29-20-7-5-6-19(27)15-20/h2-13,15,23H,14H2,1H3,(H,29,31)/b26-22-/t23-/m0/s1. The smallest absolute Gasteiger partial charge is 0.269 e. The summed E-state index contributed by atoms with van der Waals surface area (Å²) in [7, 11) is 0. The van der Waals surface area contributed by atoms with Crippen LogP contribution in [0.3, 0.4) is 0 Å². The van der Waals surface area contributed by atoms with Crippen molar-refractivity contribution < 1.29 is 9.59 Å². The van der Waals surface area contributed by atoms with E-state index in [4.69, 9.17) is 11.6 Å². The van der Waals surface area contributed by atoms with E-state index >= 15 is 0 Å². The minimum absolute atomic E-state index is 0.122. The molecule has 0 radical (unpaired) electrons. The van der Waals surface area contributed by atoms with Gasteiger partial charge in [-0.1, -0.05) is 77.5 Å². The number of hydrogen-bond acceptors (Lipinski definition) is 4. The molecule has 4 rings (SSSR count). The van der Waals surface area contributed by atoms with Crippen molar-refractivity contribution in [1.29, 1.82) is 5.26 Å². The third-order valence-corrected chi connectivity index (χ3v) is 6.64. The van der Waals surface area contributed by atoms with Gasteiger partial charge in [0.2, 0.25) is 5.91 Å². The molecule has 5 nitrogen and oxygen atoms in total. The molecule has 1 atom stereocenters. The van der Waals surface area contributed by atoms with Gasteiger partial charge >= 0.3 is 0 Å². The summed E-state index contributed by atoms with van der Waals surface area (Å²) >= 11 is 7.25. The lowest BCUT2D eigenvalue weighted by Gasteiger charge is -2.18. The Morgan fingerprint density at radius 1 is 1.09 bits per heavy atom. The molecule has 1 aliphatic rings. The number of thioether (sulfide) groups is 1. The third-order valence-electron chi connectivity index (χ3n) is 5.14. The van der Waals surface area contributed by atoms with Gasteiger partial charge in [0, 0.05) is 16.4 Å². The molecule has 0 saturated carbocycles. The molecule has 0 unspecified atom stereocenters. The first-order valence-electron chi connectivity index (χ1n) is 10.3. The molecule has 1 N–H and O–H groups in total. The van der Waals surface area contributed by atoms with E-state index < -0.39 is 11.2 Å². The number of nitrogens with zero attached hydrogens (tertiary/aromatic N) is 2. The first-order valence-corrected chi connectivity index (χ1v) is 11.5. The van der Waals surface area contributed by atoms with Crippen molar-refractivity contribution in [3.05, 3.63) is 106 Å². The number of nitriles is 1. The highest BCUT2D eigenvalue weighted by atomic mass is 35.5. The highest BCUT2D eigenvalue weighted by molar-refractivity contribution is 8.05. The molecule has 164 valence electrons. The summed E-state index contributed by atoms with van der Waals surface area (Å²) < 4.78 is 0. The summed E-state index contributed by atoms with van der Waals surface area (Å²) in [5.74, 6) is -0.753. The average molecular weight is 474 g/mol. The summed E-state index contributed by atoms with van der Waals surface area (Å²) in [5, 5.41) is 13.0. The largest absolute Gasteiger partial charge is 0.321 e. The minimum Gasteiger partial charge on any atom is -0.321 e. The number of anilines is 2. The zero-order chi connectivity index (χ0) is 23.4. The van der Waals surface area contributed by atoms with Gasteiger partial charge in [0.25, 0.3) is 5.91 Å². The van der Waals surface area contributed by atoms with Crippen molar-refractivity contribution >= 4 is 46.6 Å². The normalized spacial score (nSPS) is 16.9. The molecule has 0 aliphatic carbocycles. The van der Waals surface area contributed by atoms with E-state index in [1.165, 1.54) is 16.7 Å². The molecule has 1 heterocycles. The molecule has 7 heteroatoms. The molecule has 1 aliphatic heterocycles. The van der Waals surface area contributed by atoms with Gasteiger partial charge in [0.05, 0.1) is 5.25 Å². The fourth-order valence-electron chi connectivity index (χ4n) is 3.50. The predicted molar refractivity (Wildman–Crippen MR) is 133 cm³/mol. The average Bonchev–Trinajstić information content (AvgIpc) is 3.12. The van der Waals surface area contributed by atoms with Crippen LogP contribution in [0.1, 0.15) is 11.1 Å². The number of para-hydroxylation sites is 1. The van der Waals surface area contributed by atoms with E-state index in [1.54, 1.807) is 36.4 Å². The Morgan fingerprint density at radius 3 is 2.48 bits per heavy atom. The number of rotatable bonds is 5. The lowest BCUT2D eigenvalue weighted by Crippen LogP contribution is -2.30. The van der Waals surface area contributed by atoms with Crippen molar-refractivity contribution in [2.24, 2.45) is 0 Å². The number of halogens is 1. The summed E-state index contributed by atoms with van der Waals surface area (Å²) in [6, 6.07) is 25.8. The molecule has 0 spiro atoms. The van der Waals surface area contributed by atoms with Crippen molar-refractivity contribution in [1.82, 2.24) is 0 Å². The van der Waals surface area contributed by atoms with E-state index in [-0.39, 0.29) is 11.5 Å².